The Kier molecular flexibility index (Phi) is 4.06. The maximum absolute atomic E-state index is 13.0. The van der Waals surface area contributed by atoms with E-state index in [4.69, 9.17) is 4.42 Å². The molecule has 2 aromatic carbocycles. The lowest BCUT2D eigenvalue weighted by Gasteiger charge is -2.01. The Bertz CT molecular complexity index is 846. The first kappa shape index (κ1) is 14.8. The Balaban J connectivity index is 1.95. The number of carboxylic acids is 1. The molecule has 0 aliphatic heterocycles. The van der Waals surface area contributed by atoms with Crippen molar-refractivity contribution in [2.75, 3.05) is 0 Å². The number of benzene rings is 2. The Hall–Kier alpha value is -3.14. The van der Waals surface area contributed by atoms with Crippen molar-refractivity contribution < 1.29 is 18.7 Å². The molecule has 1 aromatic heterocycles. The Morgan fingerprint density at radius 2 is 1.65 bits per heavy atom. The number of furan rings is 1. The van der Waals surface area contributed by atoms with Gasteiger partial charge in [-0.1, -0.05) is 30.3 Å². The molecular weight excluding hydrogens is 295 g/mol. The predicted molar refractivity (Wildman–Crippen MR) is 86.1 cm³/mol. The normalized spacial score (nSPS) is 11.4. The summed E-state index contributed by atoms with van der Waals surface area (Å²) in [4.78, 5) is 11.5. The van der Waals surface area contributed by atoms with Crippen molar-refractivity contribution in [2.45, 2.75) is 0 Å². The summed E-state index contributed by atoms with van der Waals surface area (Å²) in [7, 11) is 0. The van der Waals surface area contributed by atoms with Gasteiger partial charge in [0.1, 0.15) is 17.3 Å². The van der Waals surface area contributed by atoms with Gasteiger partial charge in [-0.3, -0.25) is 0 Å². The number of carboxylic acid groups (broad SMARTS) is 1. The molecule has 3 rings (SSSR count). The highest BCUT2D eigenvalue weighted by Gasteiger charge is 2.12. The molecule has 23 heavy (non-hydrogen) atoms. The van der Waals surface area contributed by atoms with Crippen LogP contribution < -0.4 is 0 Å². The molecule has 0 atom stereocenters. The van der Waals surface area contributed by atoms with E-state index in [0.717, 1.165) is 5.56 Å². The Labute approximate surface area is 132 Å². The third-order valence-electron chi connectivity index (χ3n) is 3.36. The first-order valence-corrected chi connectivity index (χ1v) is 7.00. The summed E-state index contributed by atoms with van der Waals surface area (Å²) in [6, 6.07) is 18.1. The van der Waals surface area contributed by atoms with Crippen molar-refractivity contribution in [3.8, 4) is 11.3 Å². The lowest BCUT2D eigenvalue weighted by atomic mass is 10.1. The molecule has 0 aliphatic carbocycles. The van der Waals surface area contributed by atoms with E-state index in [-0.39, 0.29) is 11.4 Å². The topological polar surface area (TPSA) is 50.4 Å². The van der Waals surface area contributed by atoms with Gasteiger partial charge in [0, 0.05) is 5.56 Å². The average Bonchev–Trinajstić information content (AvgIpc) is 3.02. The van der Waals surface area contributed by atoms with Gasteiger partial charge in [0.25, 0.3) is 0 Å². The lowest BCUT2D eigenvalue weighted by Crippen LogP contribution is -1.99. The largest absolute Gasteiger partial charge is 0.478 e. The van der Waals surface area contributed by atoms with Gasteiger partial charge in [0.15, 0.2) is 0 Å². The summed E-state index contributed by atoms with van der Waals surface area (Å²) in [6.45, 7) is 0. The summed E-state index contributed by atoms with van der Waals surface area (Å²) in [5.74, 6) is -0.381. The predicted octanol–water partition coefficient (Wildman–Crippen LogP) is 4.71. The molecule has 0 unspecified atom stereocenters. The number of halogens is 1. The first-order chi connectivity index (χ1) is 11.1. The van der Waals surface area contributed by atoms with Crippen molar-refractivity contribution in [2.24, 2.45) is 0 Å². The van der Waals surface area contributed by atoms with E-state index < -0.39 is 5.97 Å². The van der Waals surface area contributed by atoms with Gasteiger partial charge < -0.3 is 9.52 Å². The SMILES string of the molecule is O=C(O)/C(=C\c1ccc(-c2ccc(F)cc2)o1)c1ccccc1. The zero-order chi connectivity index (χ0) is 16.2. The monoisotopic (exact) mass is 308 g/mol. The fraction of sp³-hybridized carbons (Fsp3) is 0. The molecule has 0 fully saturated rings. The molecule has 114 valence electrons. The molecule has 3 nitrogen and oxygen atoms in total. The maximum Gasteiger partial charge on any atom is 0.336 e. The van der Waals surface area contributed by atoms with Crippen molar-refractivity contribution in [3.63, 3.8) is 0 Å². The van der Waals surface area contributed by atoms with Gasteiger partial charge in [0.05, 0.1) is 5.57 Å². The van der Waals surface area contributed by atoms with Gasteiger partial charge in [-0.05, 0) is 48.0 Å². The van der Waals surface area contributed by atoms with Crippen LogP contribution >= 0.6 is 0 Å². The van der Waals surface area contributed by atoms with E-state index in [9.17, 15) is 14.3 Å². The van der Waals surface area contributed by atoms with Crippen molar-refractivity contribution in [1.29, 1.82) is 0 Å². The minimum absolute atomic E-state index is 0.144. The van der Waals surface area contributed by atoms with Crippen molar-refractivity contribution >= 4 is 17.6 Å². The minimum Gasteiger partial charge on any atom is -0.478 e. The molecule has 1 N–H and O–H groups in total. The van der Waals surface area contributed by atoms with Crippen LogP contribution in [0, 0.1) is 5.82 Å². The summed E-state index contributed by atoms with van der Waals surface area (Å²) in [6.07, 6.45) is 1.48. The van der Waals surface area contributed by atoms with Crippen LogP contribution in [-0.4, -0.2) is 11.1 Å². The molecule has 0 spiro atoms. The van der Waals surface area contributed by atoms with E-state index >= 15 is 0 Å². The molecular formula is C19H13FO3. The number of hydrogen-bond donors (Lipinski definition) is 1. The Morgan fingerprint density at radius 3 is 2.30 bits per heavy atom. The summed E-state index contributed by atoms with van der Waals surface area (Å²) in [5.41, 5.74) is 1.47. The molecule has 0 radical (unpaired) electrons. The quantitative estimate of drug-likeness (QED) is 0.710. The smallest absolute Gasteiger partial charge is 0.336 e. The lowest BCUT2D eigenvalue weighted by molar-refractivity contribution is -0.130. The van der Waals surface area contributed by atoms with Gasteiger partial charge in [-0.15, -0.1) is 0 Å². The molecule has 0 saturated carbocycles. The summed E-state index contributed by atoms with van der Waals surface area (Å²) >= 11 is 0. The first-order valence-electron chi connectivity index (χ1n) is 7.00. The average molecular weight is 308 g/mol. The molecule has 0 bridgehead atoms. The second-order valence-corrected chi connectivity index (χ2v) is 4.94. The summed E-state index contributed by atoms with van der Waals surface area (Å²) in [5, 5.41) is 9.39. The number of hydrogen-bond acceptors (Lipinski definition) is 2. The van der Waals surface area contributed by atoms with Crippen LogP contribution in [0.3, 0.4) is 0 Å². The highest BCUT2D eigenvalue weighted by atomic mass is 19.1. The molecule has 3 aromatic rings. The zero-order valence-corrected chi connectivity index (χ0v) is 12.1. The van der Waals surface area contributed by atoms with E-state index in [1.165, 1.54) is 18.2 Å². The number of rotatable bonds is 4. The van der Waals surface area contributed by atoms with E-state index in [1.54, 1.807) is 48.5 Å². The van der Waals surface area contributed by atoms with Crippen LogP contribution in [0.2, 0.25) is 0 Å². The Morgan fingerprint density at radius 1 is 0.957 bits per heavy atom. The minimum atomic E-state index is -1.03. The van der Waals surface area contributed by atoms with Gasteiger partial charge in [-0.25, -0.2) is 9.18 Å². The van der Waals surface area contributed by atoms with Crippen LogP contribution in [0.15, 0.2) is 71.1 Å². The highest BCUT2D eigenvalue weighted by molar-refractivity contribution is 6.20. The van der Waals surface area contributed by atoms with Gasteiger partial charge in [0.2, 0.25) is 0 Å². The van der Waals surface area contributed by atoms with Gasteiger partial charge in [-0.2, -0.15) is 0 Å². The fourth-order valence-electron chi connectivity index (χ4n) is 2.23. The van der Waals surface area contributed by atoms with Crippen LogP contribution in [-0.2, 0) is 4.79 Å². The third-order valence-corrected chi connectivity index (χ3v) is 3.36. The molecule has 0 aliphatic rings. The fourth-order valence-corrected chi connectivity index (χ4v) is 2.23. The molecule has 1 heterocycles. The number of carbonyl (C=O) groups is 1. The van der Waals surface area contributed by atoms with E-state index in [1.807, 2.05) is 6.07 Å². The van der Waals surface area contributed by atoms with Crippen molar-refractivity contribution in [1.82, 2.24) is 0 Å². The maximum atomic E-state index is 13.0. The second kappa shape index (κ2) is 6.32. The van der Waals surface area contributed by atoms with Crippen molar-refractivity contribution in [3.05, 3.63) is 83.9 Å². The highest BCUT2D eigenvalue weighted by Crippen LogP contribution is 2.25. The number of aliphatic carboxylic acids is 1. The van der Waals surface area contributed by atoms with E-state index in [2.05, 4.69) is 0 Å². The molecule has 0 amide bonds. The van der Waals surface area contributed by atoms with E-state index in [0.29, 0.717) is 17.1 Å². The summed E-state index contributed by atoms with van der Waals surface area (Å²) < 4.78 is 18.6. The standard InChI is InChI=1S/C19H13FO3/c20-15-8-6-14(7-9-15)18-11-10-16(23-18)12-17(19(21)22)13-4-2-1-3-5-13/h1-12H,(H,21,22)/b17-12-. The molecule has 0 saturated heterocycles. The third kappa shape index (κ3) is 3.37. The van der Waals surface area contributed by atoms with Crippen LogP contribution in [0.4, 0.5) is 4.39 Å². The zero-order valence-electron chi connectivity index (χ0n) is 12.1. The van der Waals surface area contributed by atoms with Gasteiger partial charge >= 0.3 is 5.97 Å². The second-order valence-electron chi connectivity index (χ2n) is 4.94. The van der Waals surface area contributed by atoms with Crippen LogP contribution in [0.1, 0.15) is 11.3 Å². The van der Waals surface area contributed by atoms with Crippen LogP contribution in [0.25, 0.3) is 23.0 Å². The molecule has 4 heteroatoms. The van der Waals surface area contributed by atoms with Crippen LogP contribution in [0.5, 0.6) is 0 Å².